The molecule has 102 valence electrons. The molecule has 3 rings (SSSR count). The van der Waals surface area contributed by atoms with Crippen molar-refractivity contribution in [3.8, 4) is 0 Å². The van der Waals surface area contributed by atoms with E-state index in [2.05, 4.69) is 4.98 Å². The van der Waals surface area contributed by atoms with Crippen LogP contribution in [0.15, 0.2) is 10.7 Å². The number of carboxylic acid groups (broad SMARTS) is 1. The van der Waals surface area contributed by atoms with Crippen molar-refractivity contribution in [2.24, 2.45) is 0 Å². The number of amides is 1. The van der Waals surface area contributed by atoms with Crippen molar-refractivity contribution in [3.05, 3.63) is 17.8 Å². The summed E-state index contributed by atoms with van der Waals surface area (Å²) in [5, 5.41) is 8.74. The molecule has 1 aliphatic heterocycles. The van der Waals surface area contributed by atoms with Crippen LogP contribution in [0.4, 0.5) is 4.79 Å². The van der Waals surface area contributed by atoms with Gasteiger partial charge in [-0.05, 0) is 19.3 Å². The fourth-order valence-electron chi connectivity index (χ4n) is 2.06. The van der Waals surface area contributed by atoms with E-state index < -0.39 is 5.97 Å². The molecule has 2 aliphatic rings. The number of oxazole rings is 1. The summed E-state index contributed by atoms with van der Waals surface area (Å²) < 4.78 is 10.4. The van der Waals surface area contributed by atoms with Crippen molar-refractivity contribution in [2.75, 3.05) is 13.1 Å². The second-order valence-electron chi connectivity index (χ2n) is 4.91. The summed E-state index contributed by atoms with van der Waals surface area (Å²) in [7, 11) is 0. The van der Waals surface area contributed by atoms with Gasteiger partial charge in [-0.25, -0.2) is 14.6 Å². The van der Waals surface area contributed by atoms with E-state index in [-0.39, 0.29) is 23.8 Å². The molecule has 19 heavy (non-hydrogen) atoms. The van der Waals surface area contributed by atoms with Crippen molar-refractivity contribution in [3.63, 3.8) is 0 Å². The molecule has 1 amide bonds. The average Bonchev–Trinajstić information content (AvgIpc) is 2.71. The fraction of sp³-hybridized carbons (Fsp3) is 0.583. The first-order valence-corrected chi connectivity index (χ1v) is 6.28. The smallest absolute Gasteiger partial charge is 0.410 e. The highest BCUT2D eigenvalue weighted by Gasteiger charge is 2.37. The number of carboxylic acids is 1. The molecule has 2 heterocycles. The van der Waals surface area contributed by atoms with Gasteiger partial charge in [-0.15, -0.1) is 0 Å². The SMILES string of the molecule is O=C(O)c1coc(C2CN(C(=O)OC3CCC3)C2)n1. The summed E-state index contributed by atoms with van der Waals surface area (Å²) in [6.45, 7) is 0.927. The summed E-state index contributed by atoms with van der Waals surface area (Å²) in [4.78, 5) is 27.8. The van der Waals surface area contributed by atoms with E-state index in [0.717, 1.165) is 25.5 Å². The molecular formula is C12H14N2O5. The van der Waals surface area contributed by atoms with E-state index in [1.165, 1.54) is 0 Å². The predicted molar refractivity (Wildman–Crippen MR) is 61.9 cm³/mol. The Balaban J connectivity index is 1.51. The lowest BCUT2D eigenvalue weighted by Gasteiger charge is -2.38. The Kier molecular flexibility index (Phi) is 2.88. The number of nitrogens with zero attached hydrogens (tertiary/aromatic N) is 2. The van der Waals surface area contributed by atoms with Gasteiger partial charge < -0.3 is 19.2 Å². The highest BCUT2D eigenvalue weighted by atomic mass is 16.6. The van der Waals surface area contributed by atoms with E-state index in [1.807, 2.05) is 0 Å². The minimum absolute atomic E-state index is 0.0398. The molecule has 1 N–H and O–H groups in total. The van der Waals surface area contributed by atoms with Crippen LogP contribution in [0.3, 0.4) is 0 Å². The number of hydrogen-bond donors (Lipinski definition) is 1. The first-order chi connectivity index (χ1) is 9.13. The van der Waals surface area contributed by atoms with Crippen LogP contribution >= 0.6 is 0 Å². The molecule has 0 aromatic carbocycles. The van der Waals surface area contributed by atoms with E-state index >= 15 is 0 Å². The minimum Gasteiger partial charge on any atom is -0.476 e. The molecule has 0 bridgehead atoms. The number of ether oxygens (including phenoxy) is 1. The lowest BCUT2D eigenvalue weighted by molar-refractivity contribution is 0.00868. The summed E-state index contributed by atoms with van der Waals surface area (Å²) in [6.07, 6.45) is 3.91. The average molecular weight is 266 g/mol. The summed E-state index contributed by atoms with van der Waals surface area (Å²) in [5.74, 6) is -0.789. The molecule has 7 nitrogen and oxygen atoms in total. The maximum absolute atomic E-state index is 11.7. The highest BCUT2D eigenvalue weighted by molar-refractivity contribution is 5.84. The summed E-state index contributed by atoms with van der Waals surface area (Å²) in [6, 6.07) is 0. The van der Waals surface area contributed by atoms with Crippen LogP contribution in [0.2, 0.25) is 0 Å². The number of carbonyl (C=O) groups excluding carboxylic acids is 1. The Morgan fingerprint density at radius 3 is 2.68 bits per heavy atom. The number of likely N-dealkylation sites (tertiary alicyclic amines) is 1. The highest BCUT2D eigenvalue weighted by Crippen LogP contribution is 2.29. The van der Waals surface area contributed by atoms with Gasteiger partial charge >= 0.3 is 12.1 Å². The number of hydrogen-bond acceptors (Lipinski definition) is 5. The molecule has 7 heteroatoms. The van der Waals surface area contributed by atoms with Crippen LogP contribution < -0.4 is 0 Å². The van der Waals surface area contributed by atoms with Crippen molar-refractivity contribution < 1.29 is 23.8 Å². The zero-order chi connectivity index (χ0) is 13.4. The minimum atomic E-state index is -1.12. The van der Waals surface area contributed by atoms with Gasteiger partial charge in [0.05, 0.1) is 5.92 Å². The second kappa shape index (κ2) is 4.56. The third-order valence-electron chi connectivity index (χ3n) is 3.55. The van der Waals surface area contributed by atoms with Gasteiger partial charge in [0.1, 0.15) is 12.4 Å². The number of carbonyl (C=O) groups is 2. The first-order valence-electron chi connectivity index (χ1n) is 6.28. The van der Waals surface area contributed by atoms with E-state index in [4.69, 9.17) is 14.3 Å². The van der Waals surface area contributed by atoms with E-state index in [0.29, 0.717) is 19.0 Å². The van der Waals surface area contributed by atoms with Crippen LogP contribution in [0.1, 0.15) is 41.6 Å². The van der Waals surface area contributed by atoms with Gasteiger partial charge in [0.2, 0.25) is 5.89 Å². The standard InChI is InChI=1S/C12H14N2O5/c15-11(16)9-6-18-10(13-9)7-4-14(5-7)12(17)19-8-2-1-3-8/h6-8H,1-5H2,(H,15,16). The fourth-order valence-corrected chi connectivity index (χ4v) is 2.06. The first kappa shape index (κ1) is 12.0. The number of rotatable bonds is 3. The lowest BCUT2D eigenvalue weighted by Crippen LogP contribution is -2.50. The molecule has 1 aromatic heterocycles. The van der Waals surface area contributed by atoms with Gasteiger partial charge in [-0.1, -0.05) is 0 Å². The molecule has 1 aromatic rings. The molecule has 1 aliphatic carbocycles. The third-order valence-corrected chi connectivity index (χ3v) is 3.55. The predicted octanol–water partition coefficient (Wildman–Crippen LogP) is 1.46. The van der Waals surface area contributed by atoms with E-state index in [1.54, 1.807) is 4.90 Å². The molecule has 0 spiro atoms. The molecular weight excluding hydrogens is 252 g/mol. The second-order valence-corrected chi connectivity index (χ2v) is 4.91. The number of aromatic carboxylic acids is 1. The Hall–Kier alpha value is -2.05. The number of aromatic nitrogens is 1. The Labute approximate surface area is 109 Å². The molecule has 2 fully saturated rings. The third kappa shape index (κ3) is 2.27. The molecule has 0 radical (unpaired) electrons. The van der Waals surface area contributed by atoms with Crippen LogP contribution in [0.5, 0.6) is 0 Å². The van der Waals surface area contributed by atoms with Gasteiger partial charge in [-0.2, -0.15) is 0 Å². The van der Waals surface area contributed by atoms with Crippen LogP contribution in [0.25, 0.3) is 0 Å². The van der Waals surface area contributed by atoms with Gasteiger partial charge in [0.15, 0.2) is 5.69 Å². The van der Waals surface area contributed by atoms with Crippen molar-refractivity contribution in [2.45, 2.75) is 31.3 Å². The van der Waals surface area contributed by atoms with Crippen molar-refractivity contribution in [1.29, 1.82) is 0 Å². The zero-order valence-electron chi connectivity index (χ0n) is 10.2. The van der Waals surface area contributed by atoms with Gasteiger partial charge in [0.25, 0.3) is 0 Å². The largest absolute Gasteiger partial charge is 0.476 e. The Morgan fingerprint density at radius 1 is 1.42 bits per heavy atom. The summed E-state index contributed by atoms with van der Waals surface area (Å²) >= 11 is 0. The van der Waals surface area contributed by atoms with Gasteiger partial charge in [-0.3, -0.25) is 0 Å². The lowest BCUT2D eigenvalue weighted by atomic mass is 9.96. The normalized spacial score (nSPS) is 19.7. The maximum Gasteiger partial charge on any atom is 0.410 e. The van der Waals surface area contributed by atoms with Crippen LogP contribution in [0, 0.1) is 0 Å². The molecule has 1 saturated carbocycles. The van der Waals surface area contributed by atoms with Crippen LogP contribution in [-0.2, 0) is 4.74 Å². The van der Waals surface area contributed by atoms with Crippen LogP contribution in [-0.4, -0.2) is 46.2 Å². The quantitative estimate of drug-likeness (QED) is 0.890. The molecule has 0 unspecified atom stereocenters. The van der Waals surface area contributed by atoms with Crippen molar-refractivity contribution in [1.82, 2.24) is 9.88 Å². The Bertz CT molecular complexity index is 502. The monoisotopic (exact) mass is 266 g/mol. The Morgan fingerprint density at radius 2 is 2.16 bits per heavy atom. The van der Waals surface area contributed by atoms with Gasteiger partial charge in [0, 0.05) is 13.1 Å². The van der Waals surface area contributed by atoms with E-state index in [9.17, 15) is 9.59 Å². The zero-order valence-corrected chi connectivity index (χ0v) is 10.2. The van der Waals surface area contributed by atoms with Crippen molar-refractivity contribution >= 4 is 12.1 Å². The molecule has 0 atom stereocenters. The maximum atomic E-state index is 11.7. The topological polar surface area (TPSA) is 92.9 Å². The molecule has 1 saturated heterocycles. The summed E-state index contributed by atoms with van der Waals surface area (Å²) in [5.41, 5.74) is -0.106.